The molecule has 2 atom stereocenters. The van der Waals surface area contributed by atoms with Crippen LogP contribution in [0.1, 0.15) is 43.2 Å². The van der Waals surface area contributed by atoms with E-state index >= 15 is 0 Å². The number of rotatable bonds is 6. The minimum atomic E-state index is 0.266. The highest BCUT2D eigenvalue weighted by Crippen LogP contribution is 2.15. The molecule has 19 heavy (non-hydrogen) atoms. The number of nitrogens with one attached hydrogen (secondary N) is 1. The van der Waals surface area contributed by atoms with E-state index in [1.165, 1.54) is 11.1 Å². The molecule has 1 unspecified atom stereocenters. The molecule has 0 saturated carbocycles. The van der Waals surface area contributed by atoms with Crippen LogP contribution in [0.2, 0.25) is 0 Å². The Morgan fingerprint density at radius 3 is 2.68 bits per heavy atom. The molecule has 102 valence electrons. The van der Waals surface area contributed by atoms with E-state index in [0.29, 0.717) is 6.04 Å². The molecule has 0 amide bonds. The molecule has 0 radical (unpaired) electrons. The lowest BCUT2D eigenvalue weighted by Crippen LogP contribution is -2.29. The summed E-state index contributed by atoms with van der Waals surface area (Å²) in [4.78, 5) is 0. The van der Waals surface area contributed by atoms with Crippen molar-refractivity contribution in [3.63, 3.8) is 0 Å². The average molecular weight is 257 g/mol. The average Bonchev–Trinajstić information content (AvgIpc) is 2.90. The molecule has 2 rings (SSSR count). The maximum atomic E-state index is 5.41. The summed E-state index contributed by atoms with van der Waals surface area (Å²) in [6.45, 7) is 6.52. The number of furan rings is 1. The summed E-state index contributed by atoms with van der Waals surface area (Å²) in [6.07, 6.45) is 3.97. The summed E-state index contributed by atoms with van der Waals surface area (Å²) in [6, 6.07) is 13.4. The van der Waals surface area contributed by atoms with Crippen molar-refractivity contribution in [2.24, 2.45) is 0 Å². The van der Waals surface area contributed by atoms with Gasteiger partial charge >= 0.3 is 0 Å². The molecule has 0 aliphatic rings. The zero-order valence-electron chi connectivity index (χ0n) is 12.0. The Hall–Kier alpha value is -1.54. The van der Waals surface area contributed by atoms with Gasteiger partial charge in [0, 0.05) is 6.04 Å². The van der Waals surface area contributed by atoms with Gasteiger partial charge in [-0.05, 0) is 51.3 Å². The summed E-state index contributed by atoms with van der Waals surface area (Å²) in [5, 5.41) is 3.57. The third-order valence-electron chi connectivity index (χ3n) is 3.45. The van der Waals surface area contributed by atoms with E-state index in [2.05, 4.69) is 50.4 Å². The van der Waals surface area contributed by atoms with E-state index in [-0.39, 0.29) is 6.04 Å². The molecule has 0 aliphatic heterocycles. The lowest BCUT2D eigenvalue weighted by molar-refractivity contribution is 0.388. The van der Waals surface area contributed by atoms with E-state index in [0.717, 1.165) is 18.6 Å². The van der Waals surface area contributed by atoms with Crippen molar-refractivity contribution in [1.82, 2.24) is 5.32 Å². The molecule has 1 heterocycles. The molecule has 0 spiro atoms. The standard InChI is InChI=1S/C17H23NO/c1-13-6-4-7-16(12-13)10-9-14(2)18-15(3)17-8-5-11-19-17/h4-8,11-12,14-15,18H,9-10H2,1-3H3/t14?,15-/m1/s1. The van der Waals surface area contributed by atoms with Crippen LogP contribution in [-0.2, 0) is 6.42 Å². The first-order valence-corrected chi connectivity index (χ1v) is 7.00. The Morgan fingerprint density at radius 2 is 2.00 bits per heavy atom. The molecule has 2 heteroatoms. The first-order chi connectivity index (χ1) is 9.15. The Morgan fingerprint density at radius 1 is 1.16 bits per heavy atom. The molecule has 2 nitrogen and oxygen atoms in total. The fraction of sp³-hybridized carbons (Fsp3) is 0.412. The summed E-state index contributed by atoms with van der Waals surface area (Å²) in [5.41, 5.74) is 2.75. The number of benzene rings is 1. The fourth-order valence-corrected chi connectivity index (χ4v) is 2.38. The van der Waals surface area contributed by atoms with Gasteiger partial charge in [0.1, 0.15) is 5.76 Å². The summed E-state index contributed by atoms with van der Waals surface area (Å²) in [5.74, 6) is 1.00. The normalized spacial score (nSPS) is 14.3. The predicted octanol–water partition coefficient (Wildman–Crippen LogP) is 4.26. The van der Waals surface area contributed by atoms with E-state index < -0.39 is 0 Å². The van der Waals surface area contributed by atoms with Crippen LogP contribution in [0.15, 0.2) is 47.1 Å². The Balaban J connectivity index is 1.80. The molecule has 0 fully saturated rings. The molecular weight excluding hydrogens is 234 g/mol. The second-order valence-electron chi connectivity index (χ2n) is 5.33. The van der Waals surface area contributed by atoms with Crippen molar-refractivity contribution in [1.29, 1.82) is 0 Å². The zero-order valence-corrected chi connectivity index (χ0v) is 12.0. The molecule has 0 aliphatic carbocycles. The highest BCUT2D eigenvalue weighted by atomic mass is 16.3. The van der Waals surface area contributed by atoms with Gasteiger partial charge in [0.05, 0.1) is 12.3 Å². The van der Waals surface area contributed by atoms with E-state index in [1.54, 1.807) is 6.26 Å². The first-order valence-electron chi connectivity index (χ1n) is 7.00. The molecule has 1 aromatic carbocycles. The monoisotopic (exact) mass is 257 g/mol. The zero-order chi connectivity index (χ0) is 13.7. The van der Waals surface area contributed by atoms with Crippen LogP contribution >= 0.6 is 0 Å². The maximum Gasteiger partial charge on any atom is 0.120 e. The molecule has 0 bridgehead atoms. The summed E-state index contributed by atoms with van der Waals surface area (Å²) >= 11 is 0. The summed E-state index contributed by atoms with van der Waals surface area (Å²) < 4.78 is 5.41. The topological polar surface area (TPSA) is 25.2 Å². The molecular formula is C17H23NO. The highest BCUT2D eigenvalue weighted by molar-refractivity contribution is 5.22. The van der Waals surface area contributed by atoms with Crippen molar-refractivity contribution in [2.45, 2.75) is 45.7 Å². The van der Waals surface area contributed by atoms with Gasteiger partial charge in [0.2, 0.25) is 0 Å². The Bertz CT molecular complexity index is 490. The van der Waals surface area contributed by atoms with Crippen molar-refractivity contribution in [3.05, 3.63) is 59.5 Å². The third-order valence-corrected chi connectivity index (χ3v) is 3.45. The maximum absolute atomic E-state index is 5.41. The van der Waals surface area contributed by atoms with Crippen LogP contribution in [0.5, 0.6) is 0 Å². The van der Waals surface area contributed by atoms with Gasteiger partial charge in [-0.3, -0.25) is 0 Å². The van der Waals surface area contributed by atoms with Crippen LogP contribution in [0, 0.1) is 6.92 Å². The van der Waals surface area contributed by atoms with E-state index in [9.17, 15) is 0 Å². The smallest absolute Gasteiger partial charge is 0.120 e. The second kappa shape index (κ2) is 6.58. The third kappa shape index (κ3) is 4.25. The van der Waals surface area contributed by atoms with Gasteiger partial charge in [-0.1, -0.05) is 29.8 Å². The van der Waals surface area contributed by atoms with Gasteiger partial charge in [-0.25, -0.2) is 0 Å². The lowest BCUT2D eigenvalue weighted by Gasteiger charge is -2.18. The van der Waals surface area contributed by atoms with Crippen molar-refractivity contribution in [2.75, 3.05) is 0 Å². The number of aryl methyl sites for hydroxylation is 2. The number of hydrogen-bond donors (Lipinski definition) is 1. The van der Waals surface area contributed by atoms with Gasteiger partial charge in [0.25, 0.3) is 0 Å². The molecule has 1 N–H and O–H groups in total. The van der Waals surface area contributed by atoms with Gasteiger partial charge in [-0.2, -0.15) is 0 Å². The summed E-state index contributed by atoms with van der Waals surface area (Å²) in [7, 11) is 0. The SMILES string of the molecule is Cc1cccc(CCC(C)N[C@H](C)c2ccco2)c1. The predicted molar refractivity (Wildman–Crippen MR) is 79.2 cm³/mol. The van der Waals surface area contributed by atoms with Crippen LogP contribution in [-0.4, -0.2) is 6.04 Å². The van der Waals surface area contributed by atoms with Crippen molar-refractivity contribution >= 4 is 0 Å². The van der Waals surface area contributed by atoms with Crippen LogP contribution < -0.4 is 5.32 Å². The van der Waals surface area contributed by atoms with Crippen molar-refractivity contribution in [3.8, 4) is 0 Å². The van der Waals surface area contributed by atoms with Crippen LogP contribution in [0.3, 0.4) is 0 Å². The van der Waals surface area contributed by atoms with Crippen LogP contribution in [0.4, 0.5) is 0 Å². The largest absolute Gasteiger partial charge is 0.468 e. The molecule has 0 saturated heterocycles. The quantitative estimate of drug-likeness (QED) is 0.836. The fourth-order valence-electron chi connectivity index (χ4n) is 2.38. The van der Waals surface area contributed by atoms with Gasteiger partial charge < -0.3 is 9.73 Å². The van der Waals surface area contributed by atoms with Gasteiger partial charge in [-0.15, -0.1) is 0 Å². The first kappa shape index (κ1) is 13.9. The minimum Gasteiger partial charge on any atom is -0.468 e. The number of hydrogen-bond acceptors (Lipinski definition) is 2. The molecule has 1 aromatic heterocycles. The lowest BCUT2D eigenvalue weighted by atomic mass is 10.0. The highest BCUT2D eigenvalue weighted by Gasteiger charge is 2.11. The molecule has 2 aromatic rings. The van der Waals surface area contributed by atoms with E-state index in [1.807, 2.05) is 12.1 Å². The van der Waals surface area contributed by atoms with E-state index in [4.69, 9.17) is 4.42 Å². The minimum absolute atomic E-state index is 0.266. The van der Waals surface area contributed by atoms with Gasteiger partial charge in [0.15, 0.2) is 0 Å². The second-order valence-corrected chi connectivity index (χ2v) is 5.33. The van der Waals surface area contributed by atoms with Crippen LogP contribution in [0.25, 0.3) is 0 Å². The Kier molecular flexibility index (Phi) is 4.80. The van der Waals surface area contributed by atoms with Crippen molar-refractivity contribution < 1.29 is 4.42 Å². The Labute approximate surface area is 115 Å².